The van der Waals surface area contributed by atoms with Crippen molar-refractivity contribution >= 4 is 55.4 Å². The van der Waals surface area contributed by atoms with Crippen molar-refractivity contribution in [2.75, 3.05) is 0 Å². The van der Waals surface area contributed by atoms with Gasteiger partial charge in [-0.15, -0.1) is 0 Å². The van der Waals surface area contributed by atoms with Gasteiger partial charge in [0.1, 0.15) is 0 Å². The monoisotopic (exact) mass is 832 g/mol. The number of para-hydroxylation sites is 4. The standard InChI is InChI=1S/C59H36N4S/c1-3-16-37(17-4-1)49-35-50(61-58(60-49)39-18-5-2-6-19-39)38-30-32-40(33-31-38)62-51-26-11-8-21-42(51)44-34-48-56(36-54(44)62)64-55-29-14-10-24-46(55)59(48)45-23-9-13-28-53(45)63-52-27-12-7-20-41(52)43-22-15-25-47(59)57(43)63/h1-36H. The summed E-state index contributed by atoms with van der Waals surface area (Å²) in [4.78, 5) is 12.7. The molecular weight excluding hydrogens is 797 g/mol. The summed E-state index contributed by atoms with van der Waals surface area (Å²) in [5.41, 5.74) is 16.8. The van der Waals surface area contributed by atoms with E-state index in [1.807, 2.05) is 36.0 Å². The van der Waals surface area contributed by atoms with Crippen LogP contribution in [0.1, 0.15) is 22.3 Å². The highest BCUT2D eigenvalue weighted by atomic mass is 32.2. The normalized spacial score (nSPS) is 14.9. The lowest BCUT2D eigenvalue weighted by Gasteiger charge is -2.45. The minimum Gasteiger partial charge on any atom is -0.309 e. The largest absolute Gasteiger partial charge is 0.309 e. The van der Waals surface area contributed by atoms with E-state index < -0.39 is 5.41 Å². The van der Waals surface area contributed by atoms with Gasteiger partial charge in [-0.3, -0.25) is 0 Å². The molecule has 0 saturated carbocycles. The van der Waals surface area contributed by atoms with E-state index in [-0.39, 0.29) is 0 Å². The van der Waals surface area contributed by atoms with Crippen molar-refractivity contribution in [2.24, 2.45) is 0 Å². The van der Waals surface area contributed by atoms with E-state index in [9.17, 15) is 0 Å². The minimum atomic E-state index is -0.550. The molecule has 5 heteroatoms. The number of benzene rings is 9. The predicted octanol–water partition coefficient (Wildman–Crippen LogP) is 14.8. The summed E-state index contributed by atoms with van der Waals surface area (Å²) in [7, 11) is 0. The second-order valence-corrected chi connectivity index (χ2v) is 18.0. The minimum absolute atomic E-state index is 0.550. The van der Waals surface area contributed by atoms with Crippen molar-refractivity contribution in [1.29, 1.82) is 0 Å². The molecule has 0 aliphatic carbocycles. The Balaban J connectivity index is 0.993. The third-order valence-electron chi connectivity index (χ3n) is 13.6. The third-order valence-corrected chi connectivity index (χ3v) is 14.7. The SMILES string of the molecule is c1ccc(-c2cc(-c3ccc(-n4c5ccccc5c5cc6c(cc54)Sc4ccccc4C64c5ccccc5-n5c6ccccc6c6cccc4c65)cc3)nc(-c3ccccc3)n2)cc1. The Bertz CT molecular complexity index is 3810. The van der Waals surface area contributed by atoms with Crippen LogP contribution in [0.4, 0.5) is 0 Å². The summed E-state index contributed by atoms with van der Waals surface area (Å²) in [5, 5.41) is 5.04. The van der Waals surface area contributed by atoms with Crippen LogP contribution in [-0.2, 0) is 5.41 Å². The molecule has 14 rings (SSSR count). The molecule has 1 unspecified atom stereocenters. The number of nitrogens with zero attached hydrogens (tertiary/aromatic N) is 4. The summed E-state index contributed by atoms with van der Waals surface area (Å²) in [6.07, 6.45) is 0. The summed E-state index contributed by atoms with van der Waals surface area (Å²) in [6, 6.07) is 79.6. The molecule has 64 heavy (non-hydrogen) atoms. The zero-order valence-electron chi connectivity index (χ0n) is 34.5. The molecule has 4 nitrogen and oxygen atoms in total. The third kappa shape index (κ3) is 4.90. The van der Waals surface area contributed by atoms with Gasteiger partial charge < -0.3 is 9.13 Å². The van der Waals surface area contributed by atoms with Gasteiger partial charge >= 0.3 is 0 Å². The first-order valence-electron chi connectivity index (χ1n) is 21.8. The van der Waals surface area contributed by atoms with E-state index in [1.54, 1.807) is 0 Å². The zero-order chi connectivity index (χ0) is 41.9. The Hall–Kier alpha value is -7.99. The smallest absolute Gasteiger partial charge is 0.160 e. The molecule has 3 aromatic heterocycles. The van der Waals surface area contributed by atoms with E-state index in [1.165, 1.54) is 81.3 Å². The van der Waals surface area contributed by atoms with E-state index in [0.29, 0.717) is 5.82 Å². The number of hydrogen-bond donors (Lipinski definition) is 0. The molecule has 1 atom stereocenters. The molecule has 2 aliphatic rings. The van der Waals surface area contributed by atoms with E-state index in [0.717, 1.165) is 33.8 Å². The first kappa shape index (κ1) is 35.6. The van der Waals surface area contributed by atoms with Crippen molar-refractivity contribution in [3.05, 3.63) is 241 Å². The Morgan fingerprint density at radius 2 is 0.938 bits per heavy atom. The van der Waals surface area contributed by atoms with Crippen LogP contribution in [0.25, 0.3) is 88.9 Å². The molecule has 2 aliphatic heterocycles. The molecule has 0 N–H and O–H groups in total. The highest BCUT2D eigenvalue weighted by molar-refractivity contribution is 7.99. The Labute approximate surface area is 373 Å². The first-order valence-corrected chi connectivity index (χ1v) is 22.6. The maximum absolute atomic E-state index is 5.13. The van der Waals surface area contributed by atoms with Crippen LogP contribution in [0.3, 0.4) is 0 Å². The maximum Gasteiger partial charge on any atom is 0.160 e. The van der Waals surface area contributed by atoms with E-state index >= 15 is 0 Å². The van der Waals surface area contributed by atoms with Crippen molar-refractivity contribution in [1.82, 2.24) is 19.1 Å². The van der Waals surface area contributed by atoms with Gasteiger partial charge in [0.2, 0.25) is 0 Å². The van der Waals surface area contributed by atoms with Crippen molar-refractivity contribution in [2.45, 2.75) is 15.2 Å². The summed E-state index contributed by atoms with van der Waals surface area (Å²) in [5.74, 6) is 0.711. The molecule has 0 bridgehead atoms. The average Bonchev–Trinajstić information content (AvgIpc) is 3.88. The van der Waals surface area contributed by atoms with Gasteiger partial charge in [0.25, 0.3) is 0 Å². The summed E-state index contributed by atoms with van der Waals surface area (Å²) >= 11 is 1.89. The molecular formula is C59H36N4S. The topological polar surface area (TPSA) is 35.6 Å². The van der Waals surface area contributed by atoms with Crippen LogP contribution in [0.5, 0.6) is 0 Å². The molecule has 0 radical (unpaired) electrons. The second-order valence-electron chi connectivity index (χ2n) is 16.9. The van der Waals surface area contributed by atoms with Gasteiger partial charge in [0.05, 0.1) is 44.6 Å². The first-order chi connectivity index (χ1) is 31.7. The summed E-state index contributed by atoms with van der Waals surface area (Å²) in [6.45, 7) is 0. The van der Waals surface area contributed by atoms with Crippen LogP contribution >= 0.6 is 11.8 Å². The number of hydrogen-bond acceptors (Lipinski definition) is 3. The van der Waals surface area contributed by atoms with Crippen molar-refractivity contribution < 1.29 is 0 Å². The zero-order valence-corrected chi connectivity index (χ0v) is 35.3. The highest BCUT2D eigenvalue weighted by Gasteiger charge is 2.49. The quantitative estimate of drug-likeness (QED) is 0.177. The Morgan fingerprint density at radius 3 is 1.70 bits per heavy atom. The molecule has 9 aromatic carbocycles. The summed E-state index contributed by atoms with van der Waals surface area (Å²) < 4.78 is 4.96. The number of fused-ring (bicyclic) bond motifs is 14. The number of aromatic nitrogens is 4. The van der Waals surface area contributed by atoms with Crippen LogP contribution in [-0.4, -0.2) is 19.1 Å². The molecule has 12 aromatic rings. The average molecular weight is 833 g/mol. The van der Waals surface area contributed by atoms with Gasteiger partial charge in [-0.25, -0.2) is 9.97 Å². The van der Waals surface area contributed by atoms with Gasteiger partial charge in [-0.05, 0) is 76.9 Å². The molecule has 298 valence electrons. The Morgan fingerprint density at radius 1 is 0.359 bits per heavy atom. The van der Waals surface area contributed by atoms with Crippen LogP contribution in [0.2, 0.25) is 0 Å². The predicted molar refractivity (Wildman–Crippen MR) is 263 cm³/mol. The fourth-order valence-electron chi connectivity index (χ4n) is 10.9. The fraction of sp³-hybridized carbons (Fsp3) is 0.0169. The molecule has 5 heterocycles. The van der Waals surface area contributed by atoms with E-state index in [4.69, 9.17) is 9.97 Å². The van der Waals surface area contributed by atoms with Crippen molar-refractivity contribution in [3.8, 4) is 45.3 Å². The van der Waals surface area contributed by atoms with Crippen LogP contribution in [0.15, 0.2) is 228 Å². The van der Waals surface area contributed by atoms with Gasteiger partial charge in [0, 0.05) is 53.7 Å². The molecule has 0 saturated heterocycles. The second kappa shape index (κ2) is 13.5. The lowest BCUT2D eigenvalue weighted by Crippen LogP contribution is -2.37. The lowest BCUT2D eigenvalue weighted by atomic mass is 9.62. The van der Waals surface area contributed by atoms with E-state index in [2.05, 4.69) is 203 Å². The highest BCUT2D eigenvalue weighted by Crippen LogP contribution is 2.61. The number of rotatable bonds is 4. The Kier molecular flexibility index (Phi) is 7.51. The molecule has 0 amide bonds. The van der Waals surface area contributed by atoms with Gasteiger partial charge in [0.15, 0.2) is 5.82 Å². The van der Waals surface area contributed by atoms with Crippen LogP contribution in [0, 0.1) is 0 Å². The molecule has 0 fully saturated rings. The maximum atomic E-state index is 5.13. The molecule has 1 spiro atoms. The fourth-order valence-corrected chi connectivity index (χ4v) is 12.1. The van der Waals surface area contributed by atoms with Gasteiger partial charge in [-0.2, -0.15) is 0 Å². The lowest BCUT2D eigenvalue weighted by molar-refractivity contribution is 0.691. The van der Waals surface area contributed by atoms with Crippen molar-refractivity contribution in [3.63, 3.8) is 0 Å². The van der Waals surface area contributed by atoms with Gasteiger partial charge in [-0.1, -0.05) is 176 Å². The van der Waals surface area contributed by atoms with Crippen LogP contribution < -0.4 is 0 Å².